The summed E-state index contributed by atoms with van der Waals surface area (Å²) in [4.78, 5) is 15.0. The van der Waals surface area contributed by atoms with Crippen LogP contribution in [0.25, 0.3) is 10.6 Å². The molecule has 0 saturated carbocycles. The number of aliphatic hydroxyl groups excluding tert-OH is 1. The van der Waals surface area contributed by atoms with Gasteiger partial charge >= 0.3 is 0 Å². The van der Waals surface area contributed by atoms with Gasteiger partial charge in [-0.25, -0.2) is 0 Å². The molecule has 0 bridgehead atoms. The Morgan fingerprint density at radius 2 is 2.38 bits per heavy atom. The number of aromatic amines is 1. The van der Waals surface area contributed by atoms with E-state index in [1.807, 2.05) is 17.5 Å². The van der Waals surface area contributed by atoms with Crippen molar-refractivity contribution in [3.05, 3.63) is 27.9 Å². The van der Waals surface area contributed by atoms with Crippen LogP contribution in [0.2, 0.25) is 0 Å². The fourth-order valence-corrected chi connectivity index (χ4v) is 1.87. The fraction of sp³-hybridized carbons (Fsp3) is 0.222. The van der Waals surface area contributed by atoms with Crippen LogP contribution in [0.1, 0.15) is 0 Å². The third kappa shape index (κ3) is 2.26. The van der Waals surface area contributed by atoms with Gasteiger partial charge in [0.1, 0.15) is 0 Å². The lowest BCUT2D eigenvalue weighted by molar-refractivity contribution is 0.310. The monoisotopic (exact) mass is 238 g/mol. The summed E-state index contributed by atoms with van der Waals surface area (Å²) in [6.45, 7) is 0.291. The standard InChI is InChI=1S/C9H10N4O2S/c14-4-3-10-9-11-8(15)7(12-13-9)6-2-1-5-16-6/h1-2,5,14H,3-4H2,(H2,10,11,13,15). The summed E-state index contributed by atoms with van der Waals surface area (Å²) in [5.74, 6) is 0.263. The summed E-state index contributed by atoms with van der Waals surface area (Å²) in [7, 11) is 0. The largest absolute Gasteiger partial charge is 0.395 e. The number of nitrogens with zero attached hydrogens (tertiary/aromatic N) is 2. The van der Waals surface area contributed by atoms with Crippen LogP contribution < -0.4 is 10.9 Å². The Bertz CT molecular complexity index is 508. The third-order valence-corrected chi connectivity index (χ3v) is 2.73. The minimum absolute atomic E-state index is 0.0314. The number of rotatable bonds is 4. The Labute approximate surface area is 95.0 Å². The van der Waals surface area contributed by atoms with Crippen molar-refractivity contribution in [2.75, 3.05) is 18.5 Å². The van der Waals surface area contributed by atoms with E-state index in [0.717, 1.165) is 4.88 Å². The summed E-state index contributed by atoms with van der Waals surface area (Å²) in [5, 5.41) is 20.9. The first-order valence-electron chi connectivity index (χ1n) is 4.67. The molecule has 0 fully saturated rings. The molecule has 2 heterocycles. The van der Waals surface area contributed by atoms with Gasteiger partial charge in [-0.2, -0.15) is 0 Å². The average Bonchev–Trinajstić information content (AvgIpc) is 2.80. The van der Waals surface area contributed by atoms with Crippen LogP contribution in [0, 0.1) is 0 Å². The van der Waals surface area contributed by atoms with Gasteiger partial charge in [-0.05, 0) is 11.4 Å². The number of nitrogens with one attached hydrogen (secondary N) is 2. The molecule has 2 aromatic rings. The second kappa shape index (κ2) is 4.86. The molecule has 84 valence electrons. The molecular formula is C9H10N4O2S. The van der Waals surface area contributed by atoms with E-state index in [1.165, 1.54) is 11.3 Å². The van der Waals surface area contributed by atoms with Gasteiger partial charge in [0.05, 0.1) is 11.5 Å². The van der Waals surface area contributed by atoms with Crippen LogP contribution in [-0.2, 0) is 0 Å². The molecule has 6 nitrogen and oxygen atoms in total. The van der Waals surface area contributed by atoms with Crippen molar-refractivity contribution in [3.63, 3.8) is 0 Å². The van der Waals surface area contributed by atoms with Gasteiger partial charge in [-0.1, -0.05) is 6.07 Å². The zero-order valence-corrected chi connectivity index (χ0v) is 9.12. The minimum atomic E-state index is -0.294. The summed E-state index contributed by atoms with van der Waals surface area (Å²) in [6, 6.07) is 3.66. The Balaban J connectivity index is 2.27. The van der Waals surface area contributed by atoms with E-state index in [4.69, 9.17) is 5.11 Å². The van der Waals surface area contributed by atoms with Gasteiger partial charge in [0.25, 0.3) is 5.56 Å². The van der Waals surface area contributed by atoms with Crippen molar-refractivity contribution in [1.29, 1.82) is 0 Å². The van der Waals surface area contributed by atoms with Crippen LogP contribution in [0.5, 0.6) is 0 Å². The number of hydrogen-bond acceptors (Lipinski definition) is 6. The smallest absolute Gasteiger partial charge is 0.279 e. The highest BCUT2D eigenvalue weighted by Crippen LogP contribution is 2.18. The maximum atomic E-state index is 11.6. The summed E-state index contributed by atoms with van der Waals surface area (Å²) in [5.41, 5.74) is 0.0161. The molecule has 0 atom stereocenters. The van der Waals surface area contributed by atoms with Gasteiger partial charge in [0.2, 0.25) is 5.95 Å². The van der Waals surface area contributed by atoms with Crippen LogP contribution in [0.4, 0.5) is 5.95 Å². The molecule has 3 N–H and O–H groups in total. The minimum Gasteiger partial charge on any atom is -0.395 e. The maximum Gasteiger partial charge on any atom is 0.279 e. The SMILES string of the molecule is O=c1[nH]c(NCCO)nnc1-c1cccs1. The van der Waals surface area contributed by atoms with Crippen LogP contribution in [0.15, 0.2) is 22.3 Å². The predicted molar refractivity (Wildman–Crippen MR) is 61.5 cm³/mol. The highest BCUT2D eigenvalue weighted by atomic mass is 32.1. The number of H-pyrrole nitrogens is 1. The zero-order chi connectivity index (χ0) is 11.4. The lowest BCUT2D eigenvalue weighted by atomic mass is 10.4. The molecule has 7 heteroatoms. The second-order valence-corrected chi connectivity index (χ2v) is 3.93. The molecular weight excluding hydrogens is 228 g/mol. The topological polar surface area (TPSA) is 90.9 Å². The molecule has 0 amide bonds. The molecule has 2 aromatic heterocycles. The molecule has 0 saturated heterocycles. The first kappa shape index (κ1) is 10.8. The Hall–Kier alpha value is -1.73. The van der Waals surface area contributed by atoms with Crippen molar-refractivity contribution in [3.8, 4) is 10.6 Å². The number of aromatic nitrogens is 3. The lowest BCUT2D eigenvalue weighted by Crippen LogP contribution is -2.18. The van der Waals surface area contributed by atoms with Gasteiger partial charge in [0.15, 0.2) is 5.69 Å². The molecule has 0 aliphatic carbocycles. The van der Waals surface area contributed by atoms with Crippen molar-refractivity contribution < 1.29 is 5.11 Å². The van der Waals surface area contributed by atoms with Gasteiger partial charge in [0, 0.05) is 6.54 Å². The number of hydrogen-bond donors (Lipinski definition) is 3. The Morgan fingerprint density at radius 3 is 3.00 bits per heavy atom. The molecule has 0 aliphatic rings. The van der Waals surface area contributed by atoms with E-state index in [0.29, 0.717) is 12.2 Å². The highest BCUT2D eigenvalue weighted by Gasteiger charge is 2.07. The average molecular weight is 238 g/mol. The Morgan fingerprint density at radius 1 is 1.50 bits per heavy atom. The quantitative estimate of drug-likeness (QED) is 0.712. The molecule has 0 aliphatic heterocycles. The van der Waals surface area contributed by atoms with E-state index < -0.39 is 0 Å². The zero-order valence-electron chi connectivity index (χ0n) is 8.30. The number of aliphatic hydroxyl groups is 1. The first-order chi connectivity index (χ1) is 7.81. The normalized spacial score (nSPS) is 10.3. The second-order valence-electron chi connectivity index (χ2n) is 2.98. The molecule has 0 spiro atoms. The first-order valence-corrected chi connectivity index (χ1v) is 5.55. The van der Waals surface area contributed by atoms with Crippen molar-refractivity contribution in [2.24, 2.45) is 0 Å². The molecule has 0 unspecified atom stereocenters. The molecule has 16 heavy (non-hydrogen) atoms. The van der Waals surface area contributed by atoms with E-state index in [2.05, 4.69) is 20.5 Å². The van der Waals surface area contributed by atoms with Gasteiger partial charge in [-0.3, -0.25) is 9.78 Å². The Kier molecular flexibility index (Phi) is 3.28. The van der Waals surface area contributed by atoms with E-state index >= 15 is 0 Å². The van der Waals surface area contributed by atoms with E-state index in [1.54, 1.807) is 0 Å². The molecule has 2 rings (SSSR count). The van der Waals surface area contributed by atoms with Crippen molar-refractivity contribution in [1.82, 2.24) is 15.2 Å². The van der Waals surface area contributed by atoms with Gasteiger partial charge < -0.3 is 10.4 Å². The van der Waals surface area contributed by atoms with Crippen LogP contribution in [0.3, 0.4) is 0 Å². The highest BCUT2D eigenvalue weighted by molar-refractivity contribution is 7.13. The van der Waals surface area contributed by atoms with Crippen LogP contribution >= 0.6 is 11.3 Å². The van der Waals surface area contributed by atoms with Crippen molar-refractivity contribution >= 4 is 17.3 Å². The summed E-state index contributed by atoms with van der Waals surface area (Å²) < 4.78 is 0. The molecule has 0 aromatic carbocycles. The summed E-state index contributed by atoms with van der Waals surface area (Å²) in [6.07, 6.45) is 0. The van der Waals surface area contributed by atoms with E-state index in [9.17, 15) is 4.79 Å². The number of thiophene rings is 1. The van der Waals surface area contributed by atoms with Crippen molar-refractivity contribution in [2.45, 2.75) is 0 Å². The maximum absolute atomic E-state index is 11.6. The van der Waals surface area contributed by atoms with E-state index in [-0.39, 0.29) is 18.1 Å². The molecule has 0 radical (unpaired) electrons. The predicted octanol–water partition coefficient (Wildman–Crippen LogP) is 0.298. The lowest BCUT2D eigenvalue weighted by Gasteiger charge is -2.01. The third-order valence-electron chi connectivity index (χ3n) is 1.86. The summed E-state index contributed by atoms with van der Waals surface area (Å²) >= 11 is 1.43. The fourth-order valence-electron chi connectivity index (χ4n) is 1.17. The van der Waals surface area contributed by atoms with Crippen LogP contribution in [-0.4, -0.2) is 33.4 Å². The van der Waals surface area contributed by atoms with Gasteiger partial charge in [-0.15, -0.1) is 21.5 Å². The number of anilines is 1.